The third-order valence-corrected chi connectivity index (χ3v) is 1.87. The maximum absolute atomic E-state index is 11.1. The van der Waals surface area contributed by atoms with Crippen LogP contribution in [0.25, 0.3) is 0 Å². The highest BCUT2D eigenvalue weighted by molar-refractivity contribution is 5.92. The van der Waals surface area contributed by atoms with Crippen molar-refractivity contribution in [3.8, 4) is 0 Å². The van der Waals surface area contributed by atoms with Crippen molar-refractivity contribution in [2.75, 3.05) is 0 Å². The molecule has 0 heterocycles. The van der Waals surface area contributed by atoms with E-state index in [9.17, 15) is 19.2 Å². The van der Waals surface area contributed by atoms with Crippen LogP contribution < -0.4 is 11.0 Å². The normalized spacial score (nSPS) is 10.0. The Morgan fingerprint density at radius 3 is 1.37 bits per heavy atom. The molecule has 0 atom stereocenters. The molecule has 0 aliphatic heterocycles. The van der Waals surface area contributed by atoms with E-state index in [1.165, 1.54) is 0 Å². The molecule has 0 aliphatic rings. The van der Waals surface area contributed by atoms with Gasteiger partial charge in [0.1, 0.15) is 6.42 Å². The average Bonchev–Trinajstić information content (AvgIpc) is 2.32. The molecule has 0 saturated heterocycles. The Morgan fingerprint density at radius 2 is 1.11 bits per heavy atom. The molecule has 8 heteroatoms. The van der Waals surface area contributed by atoms with Gasteiger partial charge in [0.25, 0.3) is 11.8 Å². The molecule has 0 aromatic carbocycles. The van der Waals surface area contributed by atoms with E-state index in [-0.39, 0.29) is 11.8 Å². The molecule has 0 rings (SSSR count). The van der Waals surface area contributed by atoms with Gasteiger partial charge in [0.2, 0.25) is 0 Å². The average molecular weight is 274 g/mol. The van der Waals surface area contributed by atoms with Crippen LogP contribution in [0, 0.1) is 11.8 Å². The molecule has 0 aromatic heterocycles. The van der Waals surface area contributed by atoms with Gasteiger partial charge in [0, 0.05) is 11.8 Å². The highest BCUT2D eigenvalue weighted by Gasteiger charge is 2.17. The van der Waals surface area contributed by atoms with E-state index in [4.69, 9.17) is 0 Å². The van der Waals surface area contributed by atoms with Crippen LogP contribution in [0.2, 0.25) is 0 Å². The summed E-state index contributed by atoms with van der Waals surface area (Å²) in [5.74, 6) is -3.67. The Labute approximate surface area is 110 Å². The number of hydrogen-bond acceptors (Lipinski definition) is 6. The van der Waals surface area contributed by atoms with Crippen molar-refractivity contribution in [1.82, 2.24) is 11.0 Å². The molecule has 2 amide bonds. The molecule has 0 aliphatic carbocycles. The number of amides is 2. The fourth-order valence-electron chi connectivity index (χ4n) is 0.640. The van der Waals surface area contributed by atoms with Gasteiger partial charge >= 0.3 is 11.9 Å². The first kappa shape index (κ1) is 16.9. The molecule has 0 spiro atoms. The van der Waals surface area contributed by atoms with E-state index in [2.05, 4.69) is 9.68 Å². The Balaban J connectivity index is 3.91. The van der Waals surface area contributed by atoms with Gasteiger partial charge in [0.05, 0.1) is 0 Å². The first-order valence-electron chi connectivity index (χ1n) is 5.73. The minimum atomic E-state index is -0.988. The van der Waals surface area contributed by atoms with Crippen LogP contribution in [0.15, 0.2) is 0 Å². The molecule has 0 fully saturated rings. The van der Waals surface area contributed by atoms with E-state index in [0.29, 0.717) is 0 Å². The van der Waals surface area contributed by atoms with Crippen LogP contribution in [0.5, 0.6) is 0 Å². The van der Waals surface area contributed by atoms with Gasteiger partial charge in [-0.1, -0.05) is 27.7 Å². The fourth-order valence-corrected chi connectivity index (χ4v) is 0.640. The summed E-state index contributed by atoms with van der Waals surface area (Å²) in [6.07, 6.45) is -0.725. The van der Waals surface area contributed by atoms with Crippen molar-refractivity contribution in [3.05, 3.63) is 0 Å². The largest absolute Gasteiger partial charge is 0.343 e. The number of carbonyl (C=O) groups excluding carboxylic acids is 4. The van der Waals surface area contributed by atoms with Crippen molar-refractivity contribution in [3.63, 3.8) is 0 Å². The summed E-state index contributed by atoms with van der Waals surface area (Å²) in [7, 11) is 0. The van der Waals surface area contributed by atoms with Crippen molar-refractivity contribution < 1.29 is 28.9 Å². The Morgan fingerprint density at radius 1 is 0.789 bits per heavy atom. The summed E-state index contributed by atoms with van der Waals surface area (Å²) in [4.78, 5) is 53.0. The third-order valence-electron chi connectivity index (χ3n) is 1.87. The van der Waals surface area contributed by atoms with Crippen molar-refractivity contribution >= 4 is 23.8 Å². The van der Waals surface area contributed by atoms with Gasteiger partial charge in [0.15, 0.2) is 0 Å². The Hall–Kier alpha value is -2.12. The fraction of sp³-hybridized carbons (Fsp3) is 0.636. The minimum absolute atomic E-state index is 0.356. The lowest BCUT2D eigenvalue weighted by atomic mass is 10.2. The maximum atomic E-state index is 11.1. The summed E-state index contributed by atoms with van der Waals surface area (Å²) in [6, 6.07) is 0. The van der Waals surface area contributed by atoms with Gasteiger partial charge in [-0.15, -0.1) is 0 Å². The Kier molecular flexibility index (Phi) is 7.16. The zero-order valence-electron chi connectivity index (χ0n) is 11.3. The first-order chi connectivity index (χ1) is 8.73. The van der Waals surface area contributed by atoms with E-state index < -0.39 is 30.2 Å². The number of hydroxylamine groups is 2. The second kappa shape index (κ2) is 8.06. The van der Waals surface area contributed by atoms with Crippen LogP contribution in [0.4, 0.5) is 0 Å². The highest BCUT2D eigenvalue weighted by Crippen LogP contribution is 1.94. The number of rotatable bonds is 4. The lowest BCUT2D eigenvalue weighted by Crippen LogP contribution is -2.33. The molecule has 19 heavy (non-hydrogen) atoms. The number of hydrogen-bond donors (Lipinski definition) is 2. The SMILES string of the molecule is CC(C)C(=O)NOC(=O)CC(=O)ONC(=O)C(C)C. The monoisotopic (exact) mass is 274 g/mol. The van der Waals surface area contributed by atoms with Crippen LogP contribution in [0.1, 0.15) is 34.1 Å². The molecule has 0 radical (unpaired) electrons. The molecular formula is C11H18N2O6. The van der Waals surface area contributed by atoms with Crippen LogP contribution in [-0.4, -0.2) is 23.8 Å². The second-order valence-electron chi connectivity index (χ2n) is 4.37. The Bertz CT molecular complexity index is 330. The predicted molar refractivity (Wildman–Crippen MR) is 62.8 cm³/mol. The number of carbonyl (C=O) groups is 4. The topological polar surface area (TPSA) is 111 Å². The van der Waals surface area contributed by atoms with E-state index in [1.54, 1.807) is 27.7 Å². The highest BCUT2D eigenvalue weighted by atomic mass is 16.7. The molecule has 0 aromatic rings. The molecule has 0 unspecified atom stereocenters. The van der Waals surface area contributed by atoms with Crippen molar-refractivity contribution in [2.45, 2.75) is 34.1 Å². The van der Waals surface area contributed by atoms with E-state index in [0.717, 1.165) is 0 Å². The number of nitrogens with one attached hydrogen (secondary N) is 2. The zero-order chi connectivity index (χ0) is 15.0. The first-order valence-corrected chi connectivity index (χ1v) is 5.73. The van der Waals surface area contributed by atoms with Gasteiger partial charge in [-0.25, -0.2) is 9.59 Å². The lowest BCUT2D eigenvalue weighted by molar-refractivity contribution is -0.169. The van der Waals surface area contributed by atoms with Crippen LogP contribution in [0.3, 0.4) is 0 Å². The molecular weight excluding hydrogens is 256 g/mol. The molecule has 108 valence electrons. The summed E-state index contributed by atoms with van der Waals surface area (Å²) < 4.78 is 0. The van der Waals surface area contributed by atoms with Gasteiger partial charge in [-0.05, 0) is 0 Å². The molecule has 0 saturated carbocycles. The smallest absolute Gasteiger partial charge is 0.340 e. The van der Waals surface area contributed by atoms with Crippen LogP contribution >= 0.6 is 0 Å². The lowest BCUT2D eigenvalue weighted by Gasteiger charge is -2.08. The quantitative estimate of drug-likeness (QED) is 0.544. The van der Waals surface area contributed by atoms with E-state index in [1.807, 2.05) is 11.0 Å². The third kappa shape index (κ3) is 7.74. The summed E-state index contributed by atoms with van der Waals surface area (Å²) >= 11 is 0. The van der Waals surface area contributed by atoms with E-state index >= 15 is 0 Å². The maximum Gasteiger partial charge on any atom is 0.343 e. The summed E-state index contributed by atoms with van der Waals surface area (Å²) in [5, 5.41) is 0. The van der Waals surface area contributed by atoms with Crippen molar-refractivity contribution in [2.24, 2.45) is 11.8 Å². The van der Waals surface area contributed by atoms with Crippen LogP contribution in [-0.2, 0) is 28.9 Å². The van der Waals surface area contributed by atoms with Gasteiger partial charge in [-0.3, -0.25) is 9.59 Å². The van der Waals surface area contributed by atoms with Gasteiger partial charge in [-0.2, -0.15) is 11.0 Å². The van der Waals surface area contributed by atoms with Crippen molar-refractivity contribution in [1.29, 1.82) is 0 Å². The standard InChI is InChI=1S/C11H18N2O6/c1-6(2)10(16)12-18-8(14)5-9(15)19-13-11(17)7(3)4/h6-7H,5H2,1-4H3,(H,12,16)(H,13,17). The second-order valence-corrected chi connectivity index (χ2v) is 4.37. The van der Waals surface area contributed by atoms with Gasteiger partial charge < -0.3 is 9.68 Å². The molecule has 0 bridgehead atoms. The minimum Gasteiger partial charge on any atom is -0.340 e. The summed E-state index contributed by atoms with van der Waals surface area (Å²) in [5.41, 5.74) is 3.77. The molecule has 2 N–H and O–H groups in total. The summed E-state index contributed by atoms with van der Waals surface area (Å²) in [6.45, 7) is 6.44. The molecule has 8 nitrogen and oxygen atoms in total. The zero-order valence-corrected chi connectivity index (χ0v) is 11.3. The predicted octanol–water partition coefficient (Wildman–Crippen LogP) is -0.163.